The highest BCUT2D eigenvalue weighted by molar-refractivity contribution is 6.30. The number of carbonyl (C=O) groups is 2. The number of aryl methyl sites for hydroxylation is 1. The van der Waals surface area contributed by atoms with Crippen molar-refractivity contribution in [2.45, 2.75) is 19.8 Å². The van der Waals surface area contributed by atoms with Crippen LogP contribution in [-0.4, -0.2) is 35.1 Å². The summed E-state index contributed by atoms with van der Waals surface area (Å²) in [6.45, 7) is 2.10. The Hall–Kier alpha value is -3.19. The molecule has 0 saturated carbocycles. The maximum absolute atomic E-state index is 12.1. The average Bonchev–Trinajstić information content (AvgIpc) is 3.21. The van der Waals surface area contributed by atoms with Crippen molar-refractivity contribution in [3.05, 3.63) is 65.0 Å². The van der Waals surface area contributed by atoms with Gasteiger partial charge in [0.2, 0.25) is 11.7 Å². The molecule has 0 atom stereocenters. The first-order valence-electron chi connectivity index (χ1n) is 9.05. The standard InChI is InChI=1S/C21H19ClN2O5/c1-2-27-17-9-5-14(6-10-17)18(25)13-28-20(26)12-11-19-23-21(24-29-19)15-3-7-16(22)8-4-15/h3-10H,2,11-13H2,1H3. The molecule has 7 nitrogen and oxygen atoms in total. The number of benzene rings is 2. The second-order valence-electron chi connectivity index (χ2n) is 6.06. The van der Waals surface area contributed by atoms with Crippen molar-refractivity contribution in [1.82, 2.24) is 10.1 Å². The molecule has 8 heteroatoms. The number of aromatic nitrogens is 2. The van der Waals surface area contributed by atoms with E-state index in [0.29, 0.717) is 34.7 Å². The van der Waals surface area contributed by atoms with Crippen LogP contribution in [0.3, 0.4) is 0 Å². The molecule has 0 amide bonds. The minimum absolute atomic E-state index is 0.0266. The van der Waals surface area contributed by atoms with Crippen LogP contribution in [0.1, 0.15) is 29.6 Å². The molecular formula is C21H19ClN2O5. The highest BCUT2D eigenvalue weighted by Crippen LogP contribution is 2.19. The molecule has 3 aromatic rings. The predicted molar refractivity (Wildman–Crippen MR) is 106 cm³/mol. The fourth-order valence-corrected chi connectivity index (χ4v) is 2.61. The molecule has 150 valence electrons. The fraction of sp³-hybridized carbons (Fsp3) is 0.238. The van der Waals surface area contributed by atoms with Crippen molar-refractivity contribution in [3.8, 4) is 17.1 Å². The third-order valence-corrected chi connectivity index (χ3v) is 4.22. The van der Waals surface area contributed by atoms with Crippen LogP contribution in [0.4, 0.5) is 0 Å². The lowest BCUT2D eigenvalue weighted by Crippen LogP contribution is -2.14. The smallest absolute Gasteiger partial charge is 0.306 e. The van der Waals surface area contributed by atoms with Crippen molar-refractivity contribution in [2.24, 2.45) is 0 Å². The van der Waals surface area contributed by atoms with Crippen molar-refractivity contribution < 1.29 is 23.6 Å². The lowest BCUT2D eigenvalue weighted by atomic mass is 10.1. The first-order chi connectivity index (χ1) is 14.0. The van der Waals surface area contributed by atoms with Crippen LogP contribution >= 0.6 is 11.6 Å². The number of rotatable bonds is 9. The van der Waals surface area contributed by atoms with E-state index in [1.807, 2.05) is 6.92 Å². The number of esters is 1. The molecule has 2 aromatic carbocycles. The maximum atomic E-state index is 12.1. The zero-order valence-electron chi connectivity index (χ0n) is 15.8. The Labute approximate surface area is 172 Å². The summed E-state index contributed by atoms with van der Waals surface area (Å²) in [7, 11) is 0. The number of hydrogen-bond acceptors (Lipinski definition) is 7. The third kappa shape index (κ3) is 5.89. The summed E-state index contributed by atoms with van der Waals surface area (Å²) in [4.78, 5) is 28.3. The molecule has 0 aliphatic carbocycles. The number of halogens is 1. The van der Waals surface area contributed by atoms with Crippen LogP contribution in [-0.2, 0) is 16.0 Å². The monoisotopic (exact) mass is 414 g/mol. The molecule has 1 heterocycles. The van der Waals surface area contributed by atoms with Gasteiger partial charge in [0.05, 0.1) is 13.0 Å². The molecule has 0 saturated heterocycles. The van der Waals surface area contributed by atoms with Crippen molar-refractivity contribution in [1.29, 1.82) is 0 Å². The first-order valence-corrected chi connectivity index (χ1v) is 9.43. The average molecular weight is 415 g/mol. The first kappa shape index (κ1) is 20.5. The van der Waals surface area contributed by atoms with Gasteiger partial charge in [-0.2, -0.15) is 4.98 Å². The minimum atomic E-state index is -0.518. The van der Waals surface area contributed by atoms with Crippen LogP contribution in [0.5, 0.6) is 5.75 Å². The summed E-state index contributed by atoms with van der Waals surface area (Å²) < 4.78 is 15.5. The van der Waals surface area contributed by atoms with E-state index in [1.165, 1.54) is 0 Å². The van der Waals surface area contributed by atoms with Gasteiger partial charge in [-0.05, 0) is 55.5 Å². The van der Waals surface area contributed by atoms with Gasteiger partial charge in [0, 0.05) is 22.6 Å². The Morgan fingerprint density at radius 1 is 1.07 bits per heavy atom. The van der Waals surface area contributed by atoms with E-state index in [4.69, 9.17) is 25.6 Å². The number of hydrogen-bond donors (Lipinski definition) is 0. The van der Waals surface area contributed by atoms with Crippen molar-refractivity contribution in [3.63, 3.8) is 0 Å². The molecule has 0 N–H and O–H groups in total. The molecule has 0 aliphatic rings. The van der Waals surface area contributed by atoms with Gasteiger partial charge in [-0.15, -0.1) is 0 Å². The number of Topliss-reactive ketones (excluding diaryl/α,β-unsaturated/α-hetero) is 1. The largest absolute Gasteiger partial charge is 0.494 e. The maximum Gasteiger partial charge on any atom is 0.306 e. The molecule has 0 radical (unpaired) electrons. The number of carbonyl (C=O) groups excluding carboxylic acids is 2. The van der Waals surface area contributed by atoms with Crippen LogP contribution in [0.2, 0.25) is 5.02 Å². The molecule has 3 rings (SSSR count). The van der Waals surface area contributed by atoms with Crippen LogP contribution in [0, 0.1) is 0 Å². The summed E-state index contributed by atoms with van der Waals surface area (Å²) in [5.41, 5.74) is 1.21. The van der Waals surface area contributed by atoms with Gasteiger partial charge < -0.3 is 14.0 Å². The highest BCUT2D eigenvalue weighted by Gasteiger charge is 2.13. The van der Waals surface area contributed by atoms with Crippen LogP contribution in [0.25, 0.3) is 11.4 Å². The topological polar surface area (TPSA) is 91.5 Å². The number of nitrogens with zero attached hydrogens (tertiary/aromatic N) is 2. The van der Waals surface area contributed by atoms with Crippen LogP contribution in [0.15, 0.2) is 53.1 Å². The minimum Gasteiger partial charge on any atom is -0.494 e. The summed E-state index contributed by atoms with van der Waals surface area (Å²) in [5.74, 6) is 0.596. The Morgan fingerprint density at radius 3 is 2.48 bits per heavy atom. The second kappa shape index (κ2) is 9.84. The van der Waals surface area contributed by atoms with Gasteiger partial charge in [0.25, 0.3) is 0 Å². The molecular weight excluding hydrogens is 396 g/mol. The Bertz CT molecular complexity index is 967. The summed E-state index contributed by atoms with van der Waals surface area (Å²) in [6, 6.07) is 13.7. The summed E-state index contributed by atoms with van der Waals surface area (Å²) >= 11 is 5.85. The summed E-state index contributed by atoms with van der Waals surface area (Å²) in [5, 5.41) is 4.49. The van der Waals surface area contributed by atoms with E-state index in [2.05, 4.69) is 10.1 Å². The number of ketones is 1. The Balaban J connectivity index is 1.45. The molecule has 1 aromatic heterocycles. The van der Waals surface area contributed by atoms with E-state index in [9.17, 15) is 9.59 Å². The Morgan fingerprint density at radius 2 is 1.79 bits per heavy atom. The molecule has 0 unspecified atom stereocenters. The quantitative estimate of drug-likeness (QED) is 0.383. The van der Waals surface area contributed by atoms with Gasteiger partial charge in [0.15, 0.2) is 12.4 Å². The van der Waals surface area contributed by atoms with Gasteiger partial charge in [-0.1, -0.05) is 16.8 Å². The normalized spacial score (nSPS) is 10.6. The van der Waals surface area contributed by atoms with Crippen molar-refractivity contribution in [2.75, 3.05) is 13.2 Å². The summed E-state index contributed by atoms with van der Waals surface area (Å²) in [6.07, 6.45) is 0.246. The van der Waals surface area contributed by atoms with Gasteiger partial charge in [-0.25, -0.2) is 0 Å². The van der Waals surface area contributed by atoms with E-state index < -0.39 is 5.97 Å². The van der Waals surface area contributed by atoms with Gasteiger partial charge >= 0.3 is 5.97 Å². The fourth-order valence-electron chi connectivity index (χ4n) is 2.49. The van der Waals surface area contributed by atoms with E-state index >= 15 is 0 Å². The second-order valence-corrected chi connectivity index (χ2v) is 6.50. The molecule has 0 spiro atoms. The zero-order chi connectivity index (χ0) is 20.6. The van der Waals surface area contributed by atoms with E-state index in [-0.39, 0.29) is 25.2 Å². The van der Waals surface area contributed by atoms with Crippen molar-refractivity contribution >= 4 is 23.4 Å². The predicted octanol–water partition coefficient (Wildman–Crippen LogP) is 4.15. The lowest BCUT2D eigenvalue weighted by Gasteiger charge is -2.05. The highest BCUT2D eigenvalue weighted by atomic mass is 35.5. The lowest BCUT2D eigenvalue weighted by molar-refractivity contribution is -0.142. The molecule has 0 aliphatic heterocycles. The van der Waals surface area contributed by atoms with Crippen LogP contribution < -0.4 is 4.74 Å². The SMILES string of the molecule is CCOc1ccc(C(=O)COC(=O)CCc2nc(-c3ccc(Cl)cc3)no2)cc1. The Kier molecular flexibility index (Phi) is 6.97. The molecule has 0 fully saturated rings. The molecule has 0 bridgehead atoms. The zero-order valence-corrected chi connectivity index (χ0v) is 16.5. The third-order valence-electron chi connectivity index (χ3n) is 3.97. The van der Waals surface area contributed by atoms with Gasteiger partial charge in [-0.3, -0.25) is 9.59 Å². The van der Waals surface area contributed by atoms with E-state index in [0.717, 1.165) is 5.56 Å². The number of ether oxygens (including phenoxy) is 2. The van der Waals surface area contributed by atoms with E-state index in [1.54, 1.807) is 48.5 Å². The molecule has 29 heavy (non-hydrogen) atoms. The van der Waals surface area contributed by atoms with Gasteiger partial charge in [0.1, 0.15) is 5.75 Å².